The highest BCUT2D eigenvalue weighted by Gasteiger charge is 2.39. The zero-order chi connectivity index (χ0) is 18.6. The second kappa shape index (κ2) is 8.04. The maximum absolute atomic E-state index is 12.8. The first-order valence-electron chi connectivity index (χ1n) is 8.85. The Balaban J connectivity index is 1.64. The van der Waals surface area contributed by atoms with Crippen LogP contribution in [-0.4, -0.2) is 29.8 Å². The smallest absolute Gasteiger partial charge is 0.253 e. The van der Waals surface area contributed by atoms with E-state index in [2.05, 4.69) is 21.2 Å². The van der Waals surface area contributed by atoms with E-state index < -0.39 is 5.41 Å². The summed E-state index contributed by atoms with van der Waals surface area (Å²) in [5.74, 6) is -0.00561. The highest BCUT2D eigenvalue weighted by atomic mass is 79.9. The summed E-state index contributed by atoms with van der Waals surface area (Å²) in [7, 11) is 0. The molecule has 5 heteroatoms. The minimum Gasteiger partial charge on any atom is -0.351 e. The molecule has 1 fully saturated rings. The Morgan fingerprint density at radius 3 is 2.50 bits per heavy atom. The van der Waals surface area contributed by atoms with Crippen LogP contribution in [0.15, 0.2) is 59.1 Å². The minimum atomic E-state index is -0.557. The average molecular weight is 415 g/mol. The third-order valence-electron chi connectivity index (χ3n) is 4.92. The van der Waals surface area contributed by atoms with Gasteiger partial charge in [0.2, 0.25) is 5.91 Å². The second-order valence-electron chi connectivity index (χ2n) is 7.07. The maximum Gasteiger partial charge on any atom is 0.253 e. The van der Waals surface area contributed by atoms with E-state index in [1.807, 2.05) is 61.5 Å². The van der Waals surface area contributed by atoms with Gasteiger partial charge in [0, 0.05) is 29.7 Å². The Morgan fingerprint density at radius 1 is 1.12 bits per heavy atom. The lowest BCUT2D eigenvalue weighted by Gasteiger charge is -2.39. The highest BCUT2D eigenvalue weighted by molar-refractivity contribution is 9.10. The Bertz CT molecular complexity index is 776. The van der Waals surface area contributed by atoms with Crippen molar-refractivity contribution >= 4 is 27.7 Å². The van der Waals surface area contributed by atoms with Gasteiger partial charge >= 0.3 is 0 Å². The molecule has 0 saturated carbocycles. The molecule has 0 spiro atoms. The van der Waals surface area contributed by atoms with Crippen molar-refractivity contribution in [2.75, 3.05) is 13.1 Å². The summed E-state index contributed by atoms with van der Waals surface area (Å²) >= 11 is 3.39. The summed E-state index contributed by atoms with van der Waals surface area (Å²) in [6.07, 6.45) is 1.62. The fourth-order valence-corrected chi connectivity index (χ4v) is 3.63. The van der Waals surface area contributed by atoms with Crippen molar-refractivity contribution in [2.45, 2.75) is 26.3 Å². The molecule has 2 aromatic carbocycles. The third-order valence-corrected chi connectivity index (χ3v) is 5.45. The fraction of sp³-hybridized carbons (Fsp3) is 0.333. The molecule has 136 valence electrons. The van der Waals surface area contributed by atoms with Crippen LogP contribution in [0, 0.1) is 5.41 Å². The molecule has 2 amide bonds. The number of benzene rings is 2. The van der Waals surface area contributed by atoms with Crippen molar-refractivity contribution in [3.8, 4) is 0 Å². The highest BCUT2D eigenvalue weighted by Crippen LogP contribution is 2.30. The SMILES string of the molecule is C[C@@]1(C(=O)NCc2ccccc2)CCCN(C(=O)c2ccc(Br)cc2)C1. The van der Waals surface area contributed by atoms with Crippen LogP contribution < -0.4 is 5.32 Å². The summed E-state index contributed by atoms with van der Waals surface area (Å²) in [5.41, 5.74) is 1.17. The summed E-state index contributed by atoms with van der Waals surface area (Å²) in [6.45, 7) is 3.60. The topological polar surface area (TPSA) is 49.4 Å². The number of nitrogens with zero attached hydrogens (tertiary/aromatic N) is 1. The lowest BCUT2D eigenvalue weighted by molar-refractivity contribution is -0.132. The molecule has 1 N–H and O–H groups in total. The first-order valence-corrected chi connectivity index (χ1v) is 9.64. The van der Waals surface area contributed by atoms with Crippen LogP contribution in [-0.2, 0) is 11.3 Å². The van der Waals surface area contributed by atoms with Crippen molar-refractivity contribution in [3.05, 3.63) is 70.2 Å². The molecule has 0 aliphatic carbocycles. The van der Waals surface area contributed by atoms with E-state index in [-0.39, 0.29) is 11.8 Å². The summed E-state index contributed by atoms with van der Waals surface area (Å²) < 4.78 is 0.942. The molecular weight excluding hydrogens is 392 g/mol. The predicted molar refractivity (Wildman–Crippen MR) is 106 cm³/mol. The van der Waals surface area contributed by atoms with E-state index in [0.29, 0.717) is 25.2 Å². The van der Waals surface area contributed by atoms with Crippen LogP contribution in [0.1, 0.15) is 35.7 Å². The van der Waals surface area contributed by atoms with E-state index >= 15 is 0 Å². The van der Waals surface area contributed by atoms with Crippen LogP contribution in [0.3, 0.4) is 0 Å². The largest absolute Gasteiger partial charge is 0.351 e. The number of amides is 2. The van der Waals surface area contributed by atoms with Gasteiger partial charge in [0.05, 0.1) is 5.41 Å². The summed E-state index contributed by atoms with van der Waals surface area (Å²) in [4.78, 5) is 27.4. The molecule has 0 radical (unpaired) electrons. The van der Waals surface area contributed by atoms with Gasteiger partial charge in [-0.05, 0) is 49.6 Å². The van der Waals surface area contributed by atoms with Crippen molar-refractivity contribution in [1.82, 2.24) is 10.2 Å². The summed E-state index contributed by atoms with van der Waals surface area (Å²) in [5, 5.41) is 3.03. The van der Waals surface area contributed by atoms with Crippen molar-refractivity contribution in [2.24, 2.45) is 5.41 Å². The van der Waals surface area contributed by atoms with E-state index in [1.165, 1.54) is 0 Å². The van der Waals surface area contributed by atoms with Gasteiger partial charge in [0.25, 0.3) is 5.91 Å². The van der Waals surface area contributed by atoms with E-state index in [4.69, 9.17) is 0 Å². The fourth-order valence-electron chi connectivity index (χ4n) is 3.36. The number of nitrogens with one attached hydrogen (secondary N) is 1. The molecule has 2 aromatic rings. The number of rotatable bonds is 4. The lowest BCUT2D eigenvalue weighted by atomic mass is 9.80. The van der Waals surface area contributed by atoms with E-state index in [0.717, 1.165) is 22.9 Å². The molecule has 1 atom stereocenters. The zero-order valence-corrected chi connectivity index (χ0v) is 16.5. The van der Waals surface area contributed by atoms with E-state index in [1.54, 1.807) is 4.90 Å². The summed E-state index contributed by atoms with van der Waals surface area (Å²) in [6, 6.07) is 17.2. The molecule has 0 unspecified atom stereocenters. The minimum absolute atomic E-state index is 0.00894. The Labute approximate surface area is 162 Å². The van der Waals surface area contributed by atoms with Gasteiger partial charge in [-0.1, -0.05) is 46.3 Å². The number of hydrogen-bond donors (Lipinski definition) is 1. The molecular formula is C21H23BrN2O2. The molecule has 4 nitrogen and oxygen atoms in total. The molecule has 0 aromatic heterocycles. The molecule has 0 bridgehead atoms. The maximum atomic E-state index is 12.8. The normalized spacial score (nSPS) is 19.8. The first kappa shape index (κ1) is 18.6. The quantitative estimate of drug-likeness (QED) is 0.821. The number of hydrogen-bond acceptors (Lipinski definition) is 2. The van der Waals surface area contributed by atoms with Gasteiger partial charge < -0.3 is 10.2 Å². The Morgan fingerprint density at radius 2 is 1.81 bits per heavy atom. The van der Waals surface area contributed by atoms with Gasteiger partial charge in [0.1, 0.15) is 0 Å². The number of piperidine rings is 1. The number of carbonyl (C=O) groups excluding carboxylic acids is 2. The number of halogens is 1. The van der Waals surface area contributed by atoms with Crippen LogP contribution in [0.25, 0.3) is 0 Å². The average Bonchev–Trinajstić information content (AvgIpc) is 2.67. The number of likely N-dealkylation sites (tertiary alicyclic amines) is 1. The lowest BCUT2D eigenvalue weighted by Crippen LogP contribution is -2.51. The Hall–Kier alpha value is -2.14. The Kier molecular flexibility index (Phi) is 5.77. The van der Waals surface area contributed by atoms with Gasteiger partial charge in [-0.15, -0.1) is 0 Å². The van der Waals surface area contributed by atoms with Crippen molar-refractivity contribution < 1.29 is 9.59 Å². The van der Waals surface area contributed by atoms with Gasteiger partial charge in [-0.25, -0.2) is 0 Å². The van der Waals surface area contributed by atoms with Crippen LogP contribution in [0.5, 0.6) is 0 Å². The number of carbonyl (C=O) groups is 2. The second-order valence-corrected chi connectivity index (χ2v) is 7.98. The third kappa shape index (κ3) is 4.33. The van der Waals surface area contributed by atoms with Crippen LogP contribution in [0.2, 0.25) is 0 Å². The van der Waals surface area contributed by atoms with Gasteiger partial charge in [-0.3, -0.25) is 9.59 Å². The molecule has 26 heavy (non-hydrogen) atoms. The molecule has 1 aliphatic heterocycles. The first-order chi connectivity index (χ1) is 12.5. The monoisotopic (exact) mass is 414 g/mol. The van der Waals surface area contributed by atoms with Gasteiger partial charge in [0.15, 0.2) is 0 Å². The molecule has 1 heterocycles. The zero-order valence-electron chi connectivity index (χ0n) is 14.9. The standard InChI is InChI=1S/C21H23BrN2O2/c1-21(20(26)23-14-16-6-3-2-4-7-16)12-5-13-24(15-21)19(25)17-8-10-18(22)11-9-17/h2-4,6-11H,5,12-15H2,1H3,(H,23,26)/t21-/m1/s1. The van der Waals surface area contributed by atoms with E-state index in [9.17, 15) is 9.59 Å². The van der Waals surface area contributed by atoms with Crippen LogP contribution >= 0.6 is 15.9 Å². The van der Waals surface area contributed by atoms with Gasteiger partial charge in [-0.2, -0.15) is 0 Å². The molecule has 1 aliphatic rings. The molecule has 1 saturated heterocycles. The van der Waals surface area contributed by atoms with Crippen LogP contribution in [0.4, 0.5) is 0 Å². The molecule has 3 rings (SSSR count). The predicted octanol–water partition coefficient (Wildman–Crippen LogP) is 4.01. The van der Waals surface area contributed by atoms with Crippen molar-refractivity contribution in [1.29, 1.82) is 0 Å². The van der Waals surface area contributed by atoms with Crippen molar-refractivity contribution in [3.63, 3.8) is 0 Å².